The van der Waals surface area contributed by atoms with Gasteiger partial charge < -0.3 is 13.8 Å². The number of unbranched alkanes of at least 4 members (excludes halogenated alkanes) is 5. The number of halogens is 3. The van der Waals surface area contributed by atoms with Gasteiger partial charge in [0.15, 0.2) is 0 Å². The largest absolute Gasteiger partial charge is 0.475 e. The first-order valence-corrected chi connectivity index (χ1v) is 14.2. The highest BCUT2D eigenvalue weighted by Gasteiger charge is 2.42. The van der Waals surface area contributed by atoms with Gasteiger partial charge in [0, 0.05) is 20.0 Å². The maximum absolute atomic E-state index is 12.5. The lowest BCUT2D eigenvalue weighted by Gasteiger charge is -2.21. The molecule has 186 valence electrons. The summed E-state index contributed by atoms with van der Waals surface area (Å²) in [6, 6.07) is 8.67. The lowest BCUT2D eigenvalue weighted by molar-refractivity contribution is 0.271. The lowest BCUT2D eigenvalue weighted by atomic mass is 9.92. The number of hydrogen-bond donors (Lipinski definition) is 0. The minimum atomic E-state index is -3.36. The SMILES string of the molecule is CCCCCCCCc1ccc(CC[C@]2(/C=C/P(=O)(OC)OC)COC(C(Cl)(Cl)Cl)=N2)cc1. The topological polar surface area (TPSA) is 57.1 Å². The third-order valence-corrected chi connectivity index (χ3v) is 7.81. The Labute approximate surface area is 213 Å². The van der Waals surface area contributed by atoms with Crippen molar-refractivity contribution in [2.24, 2.45) is 4.99 Å². The lowest BCUT2D eigenvalue weighted by Crippen LogP contribution is -2.26. The summed E-state index contributed by atoms with van der Waals surface area (Å²) in [5.74, 6) is 1.42. The molecule has 0 bridgehead atoms. The van der Waals surface area contributed by atoms with E-state index in [-0.39, 0.29) is 12.5 Å². The maximum Gasteiger partial charge on any atom is 0.353 e. The standard InChI is InChI=1S/C24H35Cl3NO4P/c1-4-5-6-7-8-9-10-20-11-13-21(14-12-20)15-16-23(17-18-33(29,30-2)31-3)19-32-22(28-23)24(25,26)27/h11-14,17-18H,4-10,15-16,19H2,1-3H3/b18-17+/t23-/m0/s1. The summed E-state index contributed by atoms with van der Waals surface area (Å²) in [5, 5.41) is 0. The van der Waals surface area contributed by atoms with Crippen LogP contribution in [0, 0.1) is 0 Å². The molecule has 1 aliphatic rings. The average molecular weight is 539 g/mol. The van der Waals surface area contributed by atoms with E-state index in [1.165, 1.54) is 69.7 Å². The van der Waals surface area contributed by atoms with Crippen LogP contribution in [0.1, 0.15) is 63.0 Å². The second-order valence-corrected chi connectivity index (χ2v) is 12.8. The van der Waals surface area contributed by atoms with Gasteiger partial charge >= 0.3 is 7.60 Å². The van der Waals surface area contributed by atoms with Gasteiger partial charge in [-0.3, -0.25) is 4.57 Å². The summed E-state index contributed by atoms with van der Waals surface area (Å²) in [6.07, 6.45) is 11.9. The van der Waals surface area contributed by atoms with Gasteiger partial charge in [0.25, 0.3) is 3.79 Å². The van der Waals surface area contributed by atoms with Crippen LogP contribution in [0.25, 0.3) is 0 Å². The molecule has 0 N–H and O–H groups in total. The number of alkyl halides is 3. The van der Waals surface area contributed by atoms with Crippen LogP contribution >= 0.6 is 42.4 Å². The molecule has 33 heavy (non-hydrogen) atoms. The Morgan fingerprint density at radius 3 is 2.15 bits per heavy atom. The summed E-state index contributed by atoms with van der Waals surface area (Å²) in [7, 11) is -0.706. The fourth-order valence-electron chi connectivity index (χ4n) is 3.67. The van der Waals surface area contributed by atoms with Gasteiger partial charge in [-0.05, 0) is 42.9 Å². The molecule has 1 atom stereocenters. The summed E-state index contributed by atoms with van der Waals surface area (Å²) >= 11 is 17.9. The van der Waals surface area contributed by atoms with Crippen LogP contribution in [0.5, 0.6) is 0 Å². The van der Waals surface area contributed by atoms with E-state index < -0.39 is 16.9 Å². The van der Waals surface area contributed by atoms with Crippen molar-refractivity contribution in [1.82, 2.24) is 0 Å². The Bertz CT molecular complexity index is 831. The summed E-state index contributed by atoms with van der Waals surface area (Å²) in [4.78, 5) is 4.55. The highest BCUT2D eigenvalue weighted by atomic mass is 35.6. The number of rotatable bonds is 14. The molecule has 1 aromatic carbocycles. The van der Waals surface area contributed by atoms with E-state index in [0.717, 1.165) is 12.8 Å². The quantitative estimate of drug-likeness (QED) is 0.137. The molecule has 0 aromatic heterocycles. The smallest absolute Gasteiger partial charge is 0.353 e. The molecular formula is C24H35Cl3NO4P. The van der Waals surface area contributed by atoms with E-state index >= 15 is 0 Å². The van der Waals surface area contributed by atoms with Crippen molar-refractivity contribution in [3.8, 4) is 0 Å². The molecule has 0 saturated heterocycles. The molecule has 1 heterocycles. The van der Waals surface area contributed by atoms with Crippen LogP contribution in [0.15, 0.2) is 41.2 Å². The Morgan fingerprint density at radius 1 is 1.03 bits per heavy atom. The van der Waals surface area contributed by atoms with Gasteiger partial charge in [-0.1, -0.05) is 98.1 Å². The van der Waals surface area contributed by atoms with Crippen LogP contribution in [-0.4, -0.2) is 36.1 Å². The summed E-state index contributed by atoms with van der Waals surface area (Å²) < 4.78 is 26.3. The zero-order valence-electron chi connectivity index (χ0n) is 19.7. The third-order valence-electron chi connectivity index (χ3n) is 5.79. The van der Waals surface area contributed by atoms with Gasteiger partial charge in [-0.2, -0.15) is 0 Å². The number of aliphatic imine (C=N–C) groups is 1. The molecule has 0 spiro atoms. The molecule has 0 radical (unpaired) electrons. The first-order chi connectivity index (χ1) is 15.7. The molecular weight excluding hydrogens is 504 g/mol. The number of nitrogens with zero attached hydrogens (tertiary/aromatic N) is 1. The van der Waals surface area contributed by atoms with Gasteiger partial charge in [-0.25, -0.2) is 4.99 Å². The Morgan fingerprint density at radius 2 is 1.61 bits per heavy atom. The van der Waals surface area contributed by atoms with E-state index in [4.69, 9.17) is 48.6 Å². The second kappa shape index (κ2) is 13.5. The zero-order chi connectivity index (χ0) is 24.4. The van der Waals surface area contributed by atoms with E-state index in [9.17, 15) is 4.57 Å². The predicted molar refractivity (Wildman–Crippen MR) is 139 cm³/mol. The fraction of sp³-hybridized carbons (Fsp3) is 0.625. The molecule has 1 aliphatic heterocycles. The van der Waals surface area contributed by atoms with Crippen LogP contribution < -0.4 is 0 Å². The van der Waals surface area contributed by atoms with Gasteiger partial charge in [0.1, 0.15) is 12.1 Å². The molecule has 2 rings (SSSR count). The molecule has 5 nitrogen and oxygen atoms in total. The van der Waals surface area contributed by atoms with Crippen molar-refractivity contribution in [2.45, 2.75) is 74.0 Å². The zero-order valence-corrected chi connectivity index (χ0v) is 22.9. The highest BCUT2D eigenvalue weighted by molar-refractivity contribution is 7.57. The Balaban J connectivity index is 2.02. The number of ether oxygens (including phenoxy) is 1. The van der Waals surface area contributed by atoms with Crippen LogP contribution in [0.2, 0.25) is 0 Å². The molecule has 0 aliphatic carbocycles. The first-order valence-electron chi connectivity index (χ1n) is 11.4. The van der Waals surface area contributed by atoms with Crippen molar-refractivity contribution in [3.05, 3.63) is 47.3 Å². The molecule has 0 saturated carbocycles. The van der Waals surface area contributed by atoms with Crippen LogP contribution in [0.3, 0.4) is 0 Å². The number of benzene rings is 1. The van der Waals surface area contributed by atoms with E-state index in [1.54, 1.807) is 6.08 Å². The van der Waals surface area contributed by atoms with Gasteiger partial charge in [-0.15, -0.1) is 0 Å². The van der Waals surface area contributed by atoms with Gasteiger partial charge in [0.2, 0.25) is 5.90 Å². The highest BCUT2D eigenvalue weighted by Crippen LogP contribution is 2.49. The second-order valence-electron chi connectivity index (χ2n) is 8.36. The average Bonchev–Trinajstić information content (AvgIpc) is 3.25. The fourth-order valence-corrected chi connectivity index (χ4v) is 4.81. The van der Waals surface area contributed by atoms with Crippen LogP contribution in [-0.2, 0) is 31.2 Å². The molecule has 9 heteroatoms. The third kappa shape index (κ3) is 9.55. The van der Waals surface area contributed by atoms with E-state index in [0.29, 0.717) is 6.42 Å². The minimum Gasteiger partial charge on any atom is -0.475 e. The van der Waals surface area contributed by atoms with Crippen molar-refractivity contribution >= 4 is 48.3 Å². The van der Waals surface area contributed by atoms with Crippen molar-refractivity contribution in [1.29, 1.82) is 0 Å². The Hall–Kier alpha value is -0.550. The van der Waals surface area contributed by atoms with E-state index in [1.807, 2.05) is 0 Å². The molecule has 0 unspecified atom stereocenters. The molecule has 1 aromatic rings. The number of aryl methyl sites for hydroxylation is 2. The first kappa shape index (κ1) is 28.7. The van der Waals surface area contributed by atoms with Crippen molar-refractivity contribution in [3.63, 3.8) is 0 Å². The summed E-state index contributed by atoms with van der Waals surface area (Å²) in [6.45, 7) is 2.42. The molecule has 0 amide bonds. The predicted octanol–water partition coefficient (Wildman–Crippen LogP) is 8.06. The van der Waals surface area contributed by atoms with Crippen molar-refractivity contribution < 1.29 is 18.3 Å². The van der Waals surface area contributed by atoms with Crippen molar-refractivity contribution in [2.75, 3.05) is 20.8 Å². The van der Waals surface area contributed by atoms with Gasteiger partial charge in [0.05, 0.1) is 0 Å². The summed E-state index contributed by atoms with van der Waals surface area (Å²) in [5.41, 5.74) is 1.70. The number of hydrogen-bond acceptors (Lipinski definition) is 5. The van der Waals surface area contributed by atoms with E-state index in [2.05, 4.69) is 36.2 Å². The maximum atomic E-state index is 12.5. The monoisotopic (exact) mass is 537 g/mol. The Kier molecular flexibility index (Phi) is 11.7. The molecule has 0 fully saturated rings. The minimum absolute atomic E-state index is 0.0242. The van der Waals surface area contributed by atoms with Crippen LogP contribution in [0.4, 0.5) is 0 Å². The normalized spacial score (nSPS) is 19.2.